The molecule has 2 atom stereocenters. The first-order chi connectivity index (χ1) is 9.78. The molecule has 1 saturated carbocycles. The molecule has 1 aliphatic rings. The molecule has 0 aromatic heterocycles. The molecule has 0 amide bonds. The van der Waals surface area contributed by atoms with E-state index in [4.69, 9.17) is 4.74 Å². The summed E-state index contributed by atoms with van der Waals surface area (Å²) in [6.07, 6.45) is 3.91. The van der Waals surface area contributed by atoms with Crippen LogP contribution >= 0.6 is 0 Å². The van der Waals surface area contributed by atoms with Gasteiger partial charge in [-0.05, 0) is 63.6 Å². The molecule has 0 saturated heterocycles. The average molecular weight is 289 g/mol. The number of nitrogens with one attached hydrogen (secondary N) is 1. The van der Waals surface area contributed by atoms with Gasteiger partial charge in [0.15, 0.2) is 0 Å². The molecule has 0 aliphatic heterocycles. The molecule has 1 fully saturated rings. The van der Waals surface area contributed by atoms with Crippen molar-refractivity contribution in [3.05, 3.63) is 29.3 Å². The minimum absolute atomic E-state index is 0.157. The maximum atomic E-state index is 5.55. The summed E-state index contributed by atoms with van der Waals surface area (Å²) in [5.74, 6) is 1.72. The molecule has 0 spiro atoms. The van der Waals surface area contributed by atoms with Gasteiger partial charge in [0, 0.05) is 17.5 Å². The number of hydrogen-bond donors (Lipinski definition) is 1. The third kappa shape index (κ3) is 3.42. The summed E-state index contributed by atoms with van der Waals surface area (Å²) in [6, 6.07) is 6.78. The number of aryl methyl sites for hydroxylation is 1. The first kappa shape index (κ1) is 16.4. The van der Waals surface area contributed by atoms with E-state index in [-0.39, 0.29) is 11.0 Å². The molecule has 2 rings (SSSR count). The van der Waals surface area contributed by atoms with Crippen LogP contribution in [0.4, 0.5) is 0 Å². The van der Waals surface area contributed by atoms with Crippen molar-refractivity contribution in [2.75, 3.05) is 13.7 Å². The van der Waals surface area contributed by atoms with Gasteiger partial charge in [-0.15, -0.1) is 0 Å². The summed E-state index contributed by atoms with van der Waals surface area (Å²) in [5.41, 5.74) is 3.05. The van der Waals surface area contributed by atoms with Crippen LogP contribution in [-0.2, 0) is 5.41 Å². The Morgan fingerprint density at radius 3 is 2.57 bits per heavy atom. The summed E-state index contributed by atoms with van der Waals surface area (Å²) in [4.78, 5) is 0. The van der Waals surface area contributed by atoms with E-state index < -0.39 is 0 Å². The maximum absolute atomic E-state index is 5.55. The van der Waals surface area contributed by atoms with Gasteiger partial charge in [0.2, 0.25) is 0 Å². The highest BCUT2D eigenvalue weighted by molar-refractivity contribution is 5.41. The van der Waals surface area contributed by atoms with Crippen LogP contribution in [0.1, 0.15) is 58.1 Å². The lowest BCUT2D eigenvalue weighted by Crippen LogP contribution is -2.47. The van der Waals surface area contributed by atoms with E-state index in [9.17, 15) is 0 Å². The monoisotopic (exact) mass is 289 g/mol. The van der Waals surface area contributed by atoms with Gasteiger partial charge in [0.05, 0.1) is 7.11 Å². The molecule has 1 aliphatic carbocycles. The van der Waals surface area contributed by atoms with E-state index in [1.807, 2.05) is 0 Å². The molecule has 1 aromatic rings. The Balaban J connectivity index is 2.36. The lowest BCUT2D eigenvalue weighted by Gasteiger charge is -2.38. The second-order valence-electron chi connectivity index (χ2n) is 7.74. The van der Waals surface area contributed by atoms with Crippen LogP contribution < -0.4 is 10.1 Å². The number of methoxy groups -OCH3 is 1. The Morgan fingerprint density at radius 1 is 1.33 bits per heavy atom. The Labute approximate surface area is 130 Å². The van der Waals surface area contributed by atoms with Crippen LogP contribution in [0, 0.1) is 12.8 Å². The largest absolute Gasteiger partial charge is 0.496 e. The van der Waals surface area contributed by atoms with E-state index in [0.29, 0.717) is 5.92 Å². The van der Waals surface area contributed by atoms with E-state index in [1.54, 1.807) is 7.11 Å². The fraction of sp³-hybridized carbons (Fsp3) is 0.684. The van der Waals surface area contributed by atoms with Gasteiger partial charge in [0.1, 0.15) is 5.75 Å². The highest BCUT2D eigenvalue weighted by Gasteiger charge is 2.42. The molecule has 118 valence electrons. The van der Waals surface area contributed by atoms with Gasteiger partial charge >= 0.3 is 0 Å². The number of ether oxygens (including phenoxy) is 1. The lowest BCUT2D eigenvalue weighted by atomic mass is 9.72. The van der Waals surface area contributed by atoms with Crippen LogP contribution in [0.25, 0.3) is 0 Å². The van der Waals surface area contributed by atoms with Crippen LogP contribution in [0.15, 0.2) is 18.2 Å². The fourth-order valence-electron chi connectivity index (χ4n) is 3.59. The molecule has 21 heavy (non-hydrogen) atoms. The third-order valence-electron chi connectivity index (χ3n) is 5.12. The fourth-order valence-corrected chi connectivity index (χ4v) is 3.59. The van der Waals surface area contributed by atoms with Crippen molar-refractivity contribution in [1.29, 1.82) is 0 Å². The van der Waals surface area contributed by atoms with Crippen LogP contribution in [0.3, 0.4) is 0 Å². The second kappa shape index (κ2) is 6.00. The van der Waals surface area contributed by atoms with Gasteiger partial charge < -0.3 is 10.1 Å². The molecule has 0 bridgehead atoms. The van der Waals surface area contributed by atoms with Crippen molar-refractivity contribution < 1.29 is 4.74 Å². The zero-order valence-corrected chi connectivity index (χ0v) is 14.5. The molecular weight excluding hydrogens is 258 g/mol. The zero-order chi connectivity index (χ0) is 15.7. The summed E-state index contributed by atoms with van der Waals surface area (Å²) >= 11 is 0. The summed E-state index contributed by atoms with van der Waals surface area (Å²) in [5, 5.41) is 3.74. The average Bonchev–Trinajstić information content (AvgIpc) is 2.78. The SMILES string of the molecule is COc1cc(C2(CNC(C)(C)C)CCCC2C)ccc1C. The molecule has 2 unspecified atom stereocenters. The number of rotatable bonds is 4. The summed E-state index contributed by atoms with van der Waals surface area (Å²) in [6.45, 7) is 12.3. The van der Waals surface area contributed by atoms with Gasteiger partial charge in [-0.1, -0.05) is 25.5 Å². The predicted octanol–water partition coefficient (Wildman–Crippen LogP) is 4.45. The Morgan fingerprint density at radius 2 is 2.05 bits per heavy atom. The smallest absolute Gasteiger partial charge is 0.122 e. The first-order valence-electron chi connectivity index (χ1n) is 8.19. The normalized spacial score (nSPS) is 26.1. The number of benzene rings is 1. The molecule has 1 N–H and O–H groups in total. The Kier molecular flexibility index (Phi) is 4.67. The third-order valence-corrected chi connectivity index (χ3v) is 5.12. The standard InChI is InChI=1S/C19H31NO/c1-14-9-10-16(12-17(14)21-6)19(11-7-8-15(19)2)13-20-18(3,4)5/h9-10,12,15,20H,7-8,11,13H2,1-6H3. The number of hydrogen-bond acceptors (Lipinski definition) is 2. The molecule has 2 nitrogen and oxygen atoms in total. The minimum atomic E-state index is 0.157. The van der Waals surface area contributed by atoms with Crippen molar-refractivity contribution in [1.82, 2.24) is 5.32 Å². The Hall–Kier alpha value is -1.02. The highest BCUT2D eigenvalue weighted by atomic mass is 16.5. The van der Waals surface area contributed by atoms with Crippen molar-refractivity contribution in [2.24, 2.45) is 5.92 Å². The van der Waals surface area contributed by atoms with E-state index in [1.165, 1.54) is 30.4 Å². The van der Waals surface area contributed by atoms with Crippen LogP contribution in [0.5, 0.6) is 5.75 Å². The van der Waals surface area contributed by atoms with Gasteiger partial charge in [-0.25, -0.2) is 0 Å². The van der Waals surface area contributed by atoms with E-state index in [2.05, 4.69) is 58.1 Å². The van der Waals surface area contributed by atoms with Crippen LogP contribution in [0.2, 0.25) is 0 Å². The topological polar surface area (TPSA) is 21.3 Å². The van der Waals surface area contributed by atoms with Crippen molar-refractivity contribution in [3.8, 4) is 5.75 Å². The lowest BCUT2D eigenvalue weighted by molar-refractivity contribution is 0.278. The maximum Gasteiger partial charge on any atom is 0.122 e. The molecule has 0 heterocycles. The summed E-state index contributed by atoms with van der Waals surface area (Å²) in [7, 11) is 1.77. The molecule has 1 aromatic carbocycles. The highest BCUT2D eigenvalue weighted by Crippen LogP contribution is 2.46. The first-order valence-corrected chi connectivity index (χ1v) is 8.19. The van der Waals surface area contributed by atoms with E-state index >= 15 is 0 Å². The van der Waals surface area contributed by atoms with Crippen molar-refractivity contribution in [2.45, 2.75) is 64.8 Å². The van der Waals surface area contributed by atoms with Crippen molar-refractivity contribution >= 4 is 0 Å². The van der Waals surface area contributed by atoms with E-state index in [0.717, 1.165) is 12.3 Å². The van der Waals surface area contributed by atoms with Gasteiger partial charge in [-0.3, -0.25) is 0 Å². The molecular formula is C19H31NO. The predicted molar refractivity (Wildman–Crippen MR) is 90.2 cm³/mol. The van der Waals surface area contributed by atoms with Crippen molar-refractivity contribution in [3.63, 3.8) is 0 Å². The van der Waals surface area contributed by atoms with Crippen LogP contribution in [-0.4, -0.2) is 19.2 Å². The van der Waals surface area contributed by atoms with Gasteiger partial charge in [-0.2, -0.15) is 0 Å². The second-order valence-corrected chi connectivity index (χ2v) is 7.74. The molecule has 2 heteroatoms. The minimum Gasteiger partial charge on any atom is -0.496 e. The Bertz CT molecular complexity index is 489. The van der Waals surface area contributed by atoms with Gasteiger partial charge in [0.25, 0.3) is 0 Å². The quantitative estimate of drug-likeness (QED) is 0.884. The summed E-state index contributed by atoms with van der Waals surface area (Å²) < 4.78 is 5.55. The zero-order valence-electron chi connectivity index (χ0n) is 14.5. The molecule has 0 radical (unpaired) electrons.